The first-order valence-corrected chi connectivity index (χ1v) is 10.7. The van der Waals surface area contributed by atoms with Gasteiger partial charge in [0.2, 0.25) is 10.0 Å². The number of benzene rings is 2. The molecule has 0 unspecified atom stereocenters. The maximum Gasteiger partial charge on any atom is 0.255 e. The molecule has 1 aromatic heterocycles. The summed E-state index contributed by atoms with van der Waals surface area (Å²) in [4.78, 5) is 11.4. The quantitative estimate of drug-likeness (QED) is 0.515. The molecule has 3 aromatic rings. The summed E-state index contributed by atoms with van der Waals surface area (Å²) in [7, 11) is -3.83. The first kappa shape index (κ1) is 20.3. The van der Waals surface area contributed by atoms with Gasteiger partial charge in [0.25, 0.3) is 5.91 Å². The summed E-state index contributed by atoms with van der Waals surface area (Å²) in [6.45, 7) is 1.10. The average Bonchev–Trinajstić information content (AvgIpc) is 3.10. The number of sulfonamides is 1. The molecular formula is C19H20N2O5S2. The van der Waals surface area contributed by atoms with Gasteiger partial charge in [0.05, 0.1) is 4.90 Å². The average molecular weight is 421 g/mol. The molecule has 28 heavy (non-hydrogen) atoms. The molecule has 1 heterocycles. The molecule has 2 aromatic carbocycles. The molecule has 3 rings (SSSR count). The molecule has 0 aliphatic rings. The molecule has 0 saturated carbocycles. The van der Waals surface area contributed by atoms with Crippen LogP contribution < -0.4 is 15.2 Å². The van der Waals surface area contributed by atoms with E-state index in [1.807, 2.05) is 30.3 Å². The Morgan fingerprint density at radius 1 is 1.21 bits per heavy atom. The van der Waals surface area contributed by atoms with Crippen LogP contribution in [-0.4, -0.2) is 32.6 Å². The van der Waals surface area contributed by atoms with Crippen molar-refractivity contribution in [2.45, 2.75) is 17.4 Å². The van der Waals surface area contributed by atoms with Gasteiger partial charge in [-0.2, -0.15) is 0 Å². The smallest absolute Gasteiger partial charge is 0.255 e. The van der Waals surface area contributed by atoms with Crippen molar-refractivity contribution in [1.82, 2.24) is 4.72 Å². The third kappa shape index (κ3) is 4.68. The number of primary amides is 1. The summed E-state index contributed by atoms with van der Waals surface area (Å²) in [6.07, 6.45) is 0. The fraction of sp³-hybridized carbons (Fsp3) is 0.211. The highest BCUT2D eigenvalue weighted by Gasteiger charge is 2.28. The number of nitrogens with two attached hydrogens (primary N) is 1. The van der Waals surface area contributed by atoms with Gasteiger partial charge in [-0.25, -0.2) is 13.1 Å². The number of hydrogen-bond acceptors (Lipinski definition) is 6. The van der Waals surface area contributed by atoms with E-state index in [1.165, 1.54) is 35.6 Å². The van der Waals surface area contributed by atoms with Gasteiger partial charge in [0.1, 0.15) is 11.4 Å². The van der Waals surface area contributed by atoms with Crippen LogP contribution >= 0.6 is 11.3 Å². The second-order valence-electron chi connectivity index (χ2n) is 6.47. The van der Waals surface area contributed by atoms with Crippen molar-refractivity contribution < 1.29 is 23.1 Å². The van der Waals surface area contributed by atoms with E-state index in [1.54, 1.807) is 6.92 Å². The molecule has 9 heteroatoms. The molecular weight excluding hydrogens is 400 g/mol. The lowest BCUT2D eigenvalue weighted by Crippen LogP contribution is -2.38. The maximum atomic E-state index is 12.5. The summed E-state index contributed by atoms with van der Waals surface area (Å²) in [5, 5.41) is 11.8. The van der Waals surface area contributed by atoms with E-state index in [2.05, 4.69) is 4.72 Å². The lowest BCUT2D eigenvalue weighted by atomic mass is 10.1. The molecule has 0 aliphatic carbocycles. The highest BCUT2D eigenvalue weighted by atomic mass is 32.2. The topological polar surface area (TPSA) is 119 Å². The number of thiophene rings is 1. The van der Waals surface area contributed by atoms with Crippen molar-refractivity contribution >= 4 is 37.4 Å². The minimum Gasteiger partial charge on any atom is -0.484 e. The third-order valence-corrected chi connectivity index (χ3v) is 6.86. The fourth-order valence-electron chi connectivity index (χ4n) is 2.52. The minimum absolute atomic E-state index is 0.0195. The van der Waals surface area contributed by atoms with Gasteiger partial charge in [-0.1, -0.05) is 18.2 Å². The Morgan fingerprint density at radius 2 is 1.89 bits per heavy atom. The molecule has 1 amide bonds. The van der Waals surface area contributed by atoms with Gasteiger partial charge < -0.3 is 15.6 Å². The number of rotatable bonds is 8. The number of aliphatic hydroxyl groups is 1. The van der Waals surface area contributed by atoms with Gasteiger partial charge in [-0.05, 0) is 48.7 Å². The highest BCUT2D eigenvalue weighted by molar-refractivity contribution is 7.89. The number of nitrogens with one attached hydrogen (secondary N) is 1. The molecule has 0 saturated heterocycles. The van der Waals surface area contributed by atoms with Gasteiger partial charge >= 0.3 is 0 Å². The standard InChI is InChI=1S/C19H20N2O5S2/c1-19(23,17-10-13-4-2-3-5-16(13)27-17)12-21-28(24,25)15-8-6-14(7-9-15)26-11-18(20)22/h2-10,21,23H,11-12H2,1H3,(H2,20,22)/t19-/m1/s1. The van der Waals surface area contributed by atoms with E-state index in [0.717, 1.165) is 10.1 Å². The van der Waals surface area contributed by atoms with E-state index < -0.39 is 21.5 Å². The largest absolute Gasteiger partial charge is 0.484 e. The van der Waals surface area contributed by atoms with Gasteiger partial charge in [-0.3, -0.25) is 4.79 Å². The first-order valence-electron chi connectivity index (χ1n) is 8.40. The number of fused-ring (bicyclic) bond motifs is 1. The first-order chi connectivity index (χ1) is 13.2. The number of carbonyl (C=O) groups excluding carboxylic acids is 1. The van der Waals surface area contributed by atoms with Crippen molar-refractivity contribution in [2.75, 3.05) is 13.2 Å². The predicted molar refractivity (Wildman–Crippen MR) is 108 cm³/mol. The van der Waals surface area contributed by atoms with E-state index in [9.17, 15) is 18.3 Å². The monoisotopic (exact) mass is 420 g/mol. The second-order valence-corrected chi connectivity index (χ2v) is 9.32. The molecule has 0 bridgehead atoms. The van der Waals surface area contributed by atoms with Crippen LogP contribution in [0.15, 0.2) is 59.5 Å². The molecule has 0 radical (unpaired) electrons. The van der Waals surface area contributed by atoms with Crippen molar-refractivity contribution in [2.24, 2.45) is 5.73 Å². The van der Waals surface area contributed by atoms with E-state index in [4.69, 9.17) is 10.5 Å². The number of carbonyl (C=O) groups is 1. The molecule has 0 aliphatic heterocycles. The van der Waals surface area contributed by atoms with Crippen LogP contribution in [0.25, 0.3) is 10.1 Å². The Labute approximate surface area is 166 Å². The Bertz CT molecular complexity index is 1060. The Balaban J connectivity index is 1.70. The Kier molecular flexibility index (Phi) is 5.71. The lowest BCUT2D eigenvalue weighted by molar-refractivity contribution is -0.119. The summed E-state index contributed by atoms with van der Waals surface area (Å²) in [5.41, 5.74) is 3.64. The van der Waals surface area contributed by atoms with Crippen molar-refractivity contribution in [3.05, 3.63) is 59.5 Å². The van der Waals surface area contributed by atoms with Crippen LogP contribution in [0.1, 0.15) is 11.8 Å². The normalized spacial score (nSPS) is 13.9. The second kappa shape index (κ2) is 7.88. The van der Waals surface area contributed by atoms with Crippen molar-refractivity contribution in [3.8, 4) is 5.75 Å². The van der Waals surface area contributed by atoms with Crippen LogP contribution in [-0.2, 0) is 20.4 Å². The molecule has 1 atom stereocenters. The minimum atomic E-state index is -3.83. The van der Waals surface area contributed by atoms with E-state index in [0.29, 0.717) is 10.6 Å². The Morgan fingerprint density at radius 3 is 2.54 bits per heavy atom. The third-order valence-electron chi connectivity index (χ3n) is 4.08. The number of amides is 1. The predicted octanol–water partition coefficient (Wildman–Crippen LogP) is 1.95. The van der Waals surface area contributed by atoms with Gasteiger partial charge in [-0.15, -0.1) is 11.3 Å². The zero-order valence-corrected chi connectivity index (χ0v) is 16.7. The number of hydrogen-bond donors (Lipinski definition) is 3. The summed E-state index contributed by atoms with van der Waals surface area (Å²) < 4.78 is 33.6. The highest BCUT2D eigenvalue weighted by Crippen LogP contribution is 2.33. The molecule has 148 valence electrons. The van der Waals surface area contributed by atoms with Crippen molar-refractivity contribution in [3.63, 3.8) is 0 Å². The zero-order chi connectivity index (χ0) is 20.4. The van der Waals surface area contributed by atoms with Crippen LogP contribution in [0.2, 0.25) is 0 Å². The SMILES string of the molecule is C[C@@](O)(CNS(=O)(=O)c1ccc(OCC(N)=O)cc1)c1cc2ccccc2s1. The molecule has 0 fully saturated rings. The fourth-order valence-corrected chi connectivity index (χ4v) is 4.76. The van der Waals surface area contributed by atoms with E-state index >= 15 is 0 Å². The summed E-state index contributed by atoms with van der Waals surface area (Å²) in [5.74, 6) is -0.295. The van der Waals surface area contributed by atoms with Gasteiger partial charge in [0, 0.05) is 16.1 Å². The molecule has 4 N–H and O–H groups in total. The van der Waals surface area contributed by atoms with Crippen LogP contribution in [0.4, 0.5) is 0 Å². The van der Waals surface area contributed by atoms with Crippen LogP contribution in [0.3, 0.4) is 0 Å². The summed E-state index contributed by atoms with van der Waals surface area (Å²) >= 11 is 1.42. The lowest BCUT2D eigenvalue weighted by Gasteiger charge is -2.22. The summed E-state index contributed by atoms with van der Waals surface area (Å²) in [6, 6.07) is 15.1. The molecule has 7 nitrogen and oxygen atoms in total. The van der Waals surface area contributed by atoms with E-state index in [-0.39, 0.29) is 18.0 Å². The maximum absolute atomic E-state index is 12.5. The number of ether oxygens (including phenoxy) is 1. The van der Waals surface area contributed by atoms with Crippen molar-refractivity contribution in [1.29, 1.82) is 0 Å². The van der Waals surface area contributed by atoms with Crippen LogP contribution in [0.5, 0.6) is 5.75 Å². The van der Waals surface area contributed by atoms with Crippen LogP contribution in [0, 0.1) is 0 Å². The zero-order valence-electron chi connectivity index (χ0n) is 15.1. The molecule has 0 spiro atoms. The Hall–Kier alpha value is -2.46. The van der Waals surface area contributed by atoms with Gasteiger partial charge in [0.15, 0.2) is 6.61 Å².